The molecule has 2 heterocycles. The first kappa shape index (κ1) is 36.3. The lowest BCUT2D eigenvalue weighted by atomic mass is 9.84. The van der Waals surface area contributed by atoms with E-state index in [1.807, 2.05) is 6.07 Å². The van der Waals surface area contributed by atoms with Crippen molar-refractivity contribution in [3.8, 4) is 50.7 Å². The largest absolute Gasteiger partial charge is 0.309 e. The van der Waals surface area contributed by atoms with Crippen molar-refractivity contribution in [1.29, 1.82) is 0 Å². The van der Waals surface area contributed by atoms with Gasteiger partial charge in [0.25, 0.3) is 0 Å². The number of aromatic nitrogens is 3. The molecule has 7 aromatic carbocycles. The number of fused-ring (bicyclic) bond motifs is 6. The zero-order valence-electron chi connectivity index (χ0n) is 33.8. The molecule has 11 rings (SSSR count). The van der Waals surface area contributed by atoms with Crippen LogP contribution < -0.4 is 0 Å². The predicted molar refractivity (Wildman–Crippen MR) is 247 cm³/mol. The molecular weight excluding hydrogens is 715 g/mol. The number of rotatable bonds is 5. The van der Waals surface area contributed by atoms with Crippen LogP contribution in [0.15, 0.2) is 182 Å². The van der Waals surface area contributed by atoms with Crippen molar-refractivity contribution in [3.63, 3.8) is 0 Å². The minimum atomic E-state index is 0.758. The Morgan fingerprint density at radius 2 is 1.14 bits per heavy atom. The molecule has 9 aromatic rings. The molecule has 3 heteroatoms. The van der Waals surface area contributed by atoms with E-state index >= 15 is 0 Å². The number of aryl methyl sites for hydroxylation is 3. The second kappa shape index (κ2) is 15.3. The fourth-order valence-corrected chi connectivity index (χ4v) is 9.29. The highest BCUT2D eigenvalue weighted by molar-refractivity contribution is 6.00. The van der Waals surface area contributed by atoms with E-state index in [2.05, 4.69) is 201 Å². The average molecular weight is 760 g/mol. The zero-order valence-corrected chi connectivity index (χ0v) is 33.8. The second-order valence-electron chi connectivity index (χ2n) is 15.8. The summed E-state index contributed by atoms with van der Waals surface area (Å²) in [4.78, 5) is 10.0. The van der Waals surface area contributed by atoms with Gasteiger partial charge in [-0.05, 0) is 120 Å². The average Bonchev–Trinajstić information content (AvgIpc) is 3.84. The SMILES string of the molecule is CC1=C(c2ccccc2C)CCc2c1n(-c1ccccc1)c1ccccc21.Cc1cccc(-c2nc(-c3ccccc3)cc(-c3cccc4c3-c3ccccc3C4)n2)c1. The van der Waals surface area contributed by atoms with Crippen LogP contribution in [0.4, 0.5) is 0 Å². The summed E-state index contributed by atoms with van der Waals surface area (Å²) in [7, 11) is 0. The molecule has 2 aliphatic rings. The minimum absolute atomic E-state index is 0.758. The molecule has 0 amide bonds. The van der Waals surface area contributed by atoms with E-state index in [9.17, 15) is 0 Å². The highest BCUT2D eigenvalue weighted by atomic mass is 15.0. The number of nitrogens with zero attached hydrogens (tertiary/aromatic N) is 3. The number of hydrogen-bond acceptors (Lipinski definition) is 2. The molecule has 0 spiro atoms. The molecule has 0 bridgehead atoms. The summed E-state index contributed by atoms with van der Waals surface area (Å²) < 4.78 is 2.46. The van der Waals surface area contributed by atoms with Gasteiger partial charge < -0.3 is 4.57 Å². The van der Waals surface area contributed by atoms with Crippen molar-refractivity contribution in [1.82, 2.24) is 14.5 Å². The summed E-state index contributed by atoms with van der Waals surface area (Å²) in [6, 6.07) is 64.6. The minimum Gasteiger partial charge on any atom is -0.309 e. The molecule has 0 atom stereocenters. The van der Waals surface area contributed by atoms with Gasteiger partial charge >= 0.3 is 0 Å². The van der Waals surface area contributed by atoms with Gasteiger partial charge in [-0.25, -0.2) is 9.97 Å². The molecule has 0 aliphatic heterocycles. The lowest BCUT2D eigenvalue weighted by Crippen LogP contribution is -2.07. The fourth-order valence-electron chi connectivity index (χ4n) is 9.29. The first-order valence-electron chi connectivity index (χ1n) is 20.7. The predicted octanol–water partition coefficient (Wildman–Crippen LogP) is 14.2. The van der Waals surface area contributed by atoms with Crippen LogP contribution in [0.5, 0.6) is 0 Å². The second-order valence-corrected chi connectivity index (χ2v) is 15.8. The molecular formula is C56H45N3. The third kappa shape index (κ3) is 6.69. The number of hydrogen-bond donors (Lipinski definition) is 0. The zero-order chi connectivity index (χ0) is 39.9. The number of para-hydroxylation sites is 2. The normalized spacial score (nSPS) is 12.7. The van der Waals surface area contributed by atoms with Gasteiger partial charge in [0.1, 0.15) is 0 Å². The van der Waals surface area contributed by atoms with Crippen LogP contribution in [-0.4, -0.2) is 14.5 Å². The summed E-state index contributed by atoms with van der Waals surface area (Å²) in [5.74, 6) is 0.758. The molecule has 0 fully saturated rings. The maximum atomic E-state index is 5.08. The number of benzene rings is 7. The Kier molecular flexibility index (Phi) is 9.43. The van der Waals surface area contributed by atoms with Crippen LogP contribution in [-0.2, 0) is 12.8 Å². The Hall–Kier alpha value is -7.10. The van der Waals surface area contributed by atoms with Gasteiger partial charge in [0, 0.05) is 27.8 Å². The molecule has 3 nitrogen and oxygen atoms in total. The van der Waals surface area contributed by atoms with E-state index in [1.165, 1.54) is 83.5 Å². The molecule has 0 saturated carbocycles. The summed E-state index contributed by atoms with van der Waals surface area (Å²) in [5.41, 5.74) is 22.8. The Labute approximate surface area is 347 Å². The van der Waals surface area contributed by atoms with Crippen molar-refractivity contribution >= 4 is 22.0 Å². The molecule has 284 valence electrons. The van der Waals surface area contributed by atoms with Gasteiger partial charge in [0.2, 0.25) is 0 Å². The van der Waals surface area contributed by atoms with Crippen molar-refractivity contribution in [2.24, 2.45) is 0 Å². The Bertz CT molecular complexity index is 3040. The maximum absolute atomic E-state index is 5.08. The van der Waals surface area contributed by atoms with Gasteiger partial charge in [0.15, 0.2) is 5.82 Å². The molecule has 0 radical (unpaired) electrons. The van der Waals surface area contributed by atoms with E-state index in [0.29, 0.717) is 0 Å². The van der Waals surface area contributed by atoms with Crippen molar-refractivity contribution in [2.45, 2.75) is 40.0 Å². The molecule has 0 N–H and O–H groups in total. The number of allylic oxidation sites excluding steroid dienone is 2. The van der Waals surface area contributed by atoms with Gasteiger partial charge in [-0.15, -0.1) is 0 Å². The van der Waals surface area contributed by atoms with Crippen LogP contribution in [0.1, 0.15) is 52.4 Å². The van der Waals surface area contributed by atoms with Crippen LogP contribution in [0, 0.1) is 13.8 Å². The smallest absolute Gasteiger partial charge is 0.160 e. The highest BCUT2D eigenvalue weighted by Crippen LogP contribution is 2.45. The van der Waals surface area contributed by atoms with Crippen molar-refractivity contribution in [2.75, 3.05) is 0 Å². The Morgan fingerprint density at radius 1 is 0.492 bits per heavy atom. The van der Waals surface area contributed by atoms with Crippen molar-refractivity contribution < 1.29 is 0 Å². The van der Waals surface area contributed by atoms with Crippen LogP contribution in [0.3, 0.4) is 0 Å². The molecule has 2 aromatic heterocycles. The Balaban J connectivity index is 0.000000145. The lowest BCUT2D eigenvalue weighted by molar-refractivity contribution is 0.965. The van der Waals surface area contributed by atoms with Gasteiger partial charge in [-0.2, -0.15) is 0 Å². The fraction of sp³-hybridized carbons (Fsp3) is 0.107. The summed E-state index contributed by atoms with van der Waals surface area (Å²) in [6.45, 7) is 6.63. The monoisotopic (exact) mass is 759 g/mol. The van der Waals surface area contributed by atoms with Crippen molar-refractivity contribution in [3.05, 3.63) is 221 Å². The quantitative estimate of drug-likeness (QED) is 0.175. The van der Waals surface area contributed by atoms with Crippen LogP contribution in [0.2, 0.25) is 0 Å². The molecule has 59 heavy (non-hydrogen) atoms. The van der Waals surface area contributed by atoms with E-state index in [0.717, 1.165) is 47.6 Å². The van der Waals surface area contributed by atoms with Crippen LogP contribution >= 0.6 is 0 Å². The van der Waals surface area contributed by atoms with E-state index in [1.54, 1.807) is 0 Å². The highest BCUT2D eigenvalue weighted by Gasteiger charge is 2.26. The standard InChI is InChI=1S/C30H22N2.C26H23N/c1-20-9-7-14-24(17-20)30-31-27(21-10-3-2-4-11-21)19-28(32-30)26-16-8-13-23-18-22-12-5-6-15-25(22)29(23)26;1-18-10-6-7-13-21(18)22-16-17-24-23-14-8-9-15-25(23)27(26(24)19(22)2)20-11-4-3-5-12-20/h2-17,19H,18H2,1H3;3-15H,16-17H2,1-2H3. The third-order valence-corrected chi connectivity index (χ3v) is 12.1. The first-order valence-corrected chi connectivity index (χ1v) is 20.7. The topological polar surface area (TPSA) is 30.7 Å². The van der Waals surface area contributed by atoms with E-state index < -0.39 is 0 Å². The van der Waals surface area contributed by atoms with Gasteiger partial charge in [-0.3, -0.25) is 0 Å². The Morgan fingerprint density at radius 3 is 1.95 bits per heavy atom. The lowest BCUT2D eigenvalue weighted by Gasteiger charge is -2.23. The third-order valence-electron chi connectivity index (χ3n) is 12.1. The molecule has 2 aliphatic carbocycles. The summed E-state index contributed by atoms with van der Waals surface area (Å²) in [5, 5.41) is 1.39. The summed E-state index contributed by atoms with van der Waals surface area (Å²) >= 11 is 0. The molecule has 0 unspecified atom stereocenters. The maximum Gasteiger partial charge on any atom is 0.160 e. The molecule has 0 saturated heterocycles. The van der Waals surface area contributed by atoms with Gasteiger partial charge in [-0.1, -0.05) is 157 Å². The first-order chi connectivity index (χ1) is 29.0. The van der Waals surface area contributed by atoms with Crippen LogP contribution in [0.25, 0.3) is 72.8 Å². The van der Waals surface area contributed by atoms with E-state index in [4.69, 9.17) is 9.97 Å². The van der Waals surface area contributed by atoms with Gasteiger partial charge in [0.05, 0.1) is 22.6 Å². The summed E-state index contributed by atoms with van der Waals surface area (Å²) in [6.07, 6.45) is 3.17. The van der Waals surface area contributed by atoms with E-state index in [-0.39, 0.29) is 0 Å².